The van der Waals surface area contributed by atoms with Crippen LogP contribution in [-0.4, -0.2) is 28.2 Å². The molecule has 3 aromatic rings. The largest absolute Gasteiger partial charge is 0.497 e. The fourth-order valence-electron chi connectivity index (χ4n) is 2.19. The van der Waals surface area contributed by atoms with Crippen LogP contribution in [0.1, 0.15) is 10.4 Å². The van der Waals surface area contributed by atoms with E-state index < -0.39 is 5.97 Å². The summed E-state index contributed by atoms with van der Waals surface area (Å²) in [4.78, 5) is 19.3. The number of carboxylic acids is 1. The highest BCUT2D eigenvalue weighted by molar-refractivity contribution is 5.88. The van der Waals surface area contributed by atoms with Crippen LogP contribution in [0.3, 0.4) is 0 Å². The summed E-state index contributed by atoms with van der Waals surface area (Å²) >= 11 is 0. The minimum absolute atomic E-state index is 0.238. The predicted octanol–water partition coefficient (Wildman–Crippen LogP) is 3.59. The quantitative estimate of drug-likeness (QED) is 0.747. The molecule has 0 aliphatic rings. The second-order valence-electron chi connectivity index (χ2n) is 5.02. The normalized spacial score (nSPS) is 10.2. The maximum atomic E-state index is 10.9. The van der Waals surface area contributed by atoms with Crippen molar-refractivity contribution in [1.29, 1.82) is 0 Å². The molecule has 0 fully saturated rings. The number of benzene rings is 2. The van der Waals surface area contributed by atoms with E-state index in [1.54, 1.807) is 19.2 Å². The van der Waals surface area contributed by atoms with Crippen molar-refractivity contribution in [3.8, 4) is 17.0 Å². The van der Waals surface area contributed by atoms with Crippen molar-refractivity contribution in [2.45, 2.75) is 0 Å². The van der Waals surface area contributed by atoms with E-state index >= 15 is 0 Å². The molecule has 120 valence electrons. The molecule has 0 radical (unpaired) electrons. The fraction of sp³-hybridized carbons (Fsp3) is 0.0556. The Balaban J connectivity index is 1.80. The molecule has 0 bridgehead atoms. The first-order valence-corrected chi connectivity index (χ1v) is 7.22. The molecule has 2 aromatic carbocycles. The summed E-state index contributed by atoms with van der Waals surface area (Å²) < 4.78 is 5.15. The number of carboxylic acid groups (broad SMARTS) is 1. The van der Waals surface area contributed by atoms with Crippen LogP contribution in [0, 0.1) is 0 Å². The zero-order valence-electron chi connectivity index (χ0n) is 12.9. The van der Waals surface area contributed by atoms with Gasteiger partial charge in [0.2, 0.25) is 0 Å². The monoisotopic (exact) mass is 321 g/mol. The summed E-state index contributed by atoms with van der Waals surface area (Å²) in [6, 6.07) is 15.9. The van der Waals surface area contributed by atoms with Crippen LogP contribution in [0.2, 0.25) is 0 Å². The number of ether oxygens (including phenoxy) is 1. The molecule has 6 nitrogen and oxygen atoms in total. The summed E-state index contributed by atoms with van der Waals surface area (Å²) in [5.41, 5.74) is 2.71. The van der Waals surface area contributed by atoms with Gasteiger partial charge in [-0.2, -0.15) is 0 Å². The second-order valence-corrected chi connectivity index (χ2v) is 5.02. The smallest absolute Gasteiger partial charge is 0.335 e. The van der Waals surface area contributed by atoms with Crippen molar-refractivity contribution in [3.63, 3.8) is 0 Å². The van der Waals surface area contributed by atoms with Crippen molar-refractivity contribution in [3.05, 3.63) is 66.5 Å². The van der Waals surface area contributed by atoms with Crippen molar-refractivity contribution < 1.29 is 14.6 Å². The van der Waals surface area contributed by atoms with Gasteiger partial charge in [-0.15, -0.1) is 0 Å². The Morgan fingerprint density at radius 2 is 1.75 bits per heavy atom. The van der Waals surface area contributed by atoms with Gasteiger partial charge in [-0.3, -0.25) is 0 Å². The number of aromatic nitrogens is 2. The standard InChI is InChI=1S/C18H15N3O3/c1-24-15-8-4-12(5-9-15)16-10-17(20-11-19-16)21-14-6-2-13(3-7-14)18(22)23/h2-11H,1H3,(H,22,23)(H,19,20,21). The Morgan fingerprint density at radius 3 is 2.38 bits per heavy atom. The van der Waals surface area contributed by atoms with E-state index in [4.69, 9.17) is 9.84 Å². The Labute approximate surface area is 138 Å². The van der Waals surface area contributed by atoms with Crippen LogP contribution in [0.5, 0.6) is 5.75 Å². The van der Waals surface area contributed by atoms with Gasteiger partial charge in [0, 0.05) is 17.3 Å². The Bertz CT molecular complexity index is 846. The Morgan fingerprint density at radius 1 is 1.04 bits per heavy atom. The number of nitrogens with one attached hydrogen (secondary N) is 1. The lowest BCUT2D eigenvalue weighted by atomic mass is 10.1. The topological polar surface area (TPSA) is 84.3 Å². The van der Waals surface area contributed by atoms with Gasteiger partial charge in [0.1, 0.15) is 17.9 Å². The zero-order valence-corrected chi connectivity index (χ0v) is 12.9. The number of aromatic carboxylic acids is 1. The Kier molecular flexibility index (Phi) is 4.38. The molecule has 2 N–H and O–H groups in total. The molecule has 0 aliphatic carbocycles. The third-order valence-electron chi connectivity index (χ3n) is 3.46. The molecule has 1 aromatic heterocycles. The van der Waals surface area contributed by atoms with Crippen molar-refractivity contribution in [1.82, 2.24) is 9.97 Å². The van der Waals surface area contributed by atoms with E-state index in [2.05, 4.69) is 15.3 Å². The first-order valence-electron chi connectivity index (χ1n) is 7.22. The molecule has 24 heavy (non-hydrogen) atoms. The summed E-state index contributed by atoms with van der Waals surface area (Å²) in [7, 11) is 1.62. The second kappa shape index (κ2) is 6.78. The van der Waals surface area contributed by atoms with Gasteiger partial charge in [0.05, 0.1) is 18.4 Å². The van der Waals surface area contributed by atoms with Crippen LogP contribution in [0.25, 0.3) is 11.3 Å². The van der Waals surface area contributed by atoms with Crippen molar-refractivity contribution in [2.75, 3.05) is 12.4 Å². The lowest BCUT2D eigenvalue weighted by Crippen LogP contribution is -1.98. The highest BCUT2D eigenvalue weighted by Crippen LogP contribution is 2.23. The van der Waals surface area contributed by atoms with E-state index in [9.17, 15) is 4.79 Å². The highest BCUT2D eigenvalue weighted by atomic mass is 16.5. The van der Waals surface area contributed by atoms with Gasteiger partial charge >= 0.3 is 5.97 Å². The maximum absolute atomic E-state index is 10.9. The third kappa shape index (κ3) is 3.49. The highest BCUT2D eigenvalue weighted by Gasteiger charge is 2.05. The summed E-state index contributed by atoms with van der Waals surface area (Å²) in [5.74, 6) is 0.453. The average Bonchev–Trinajstić information content (AvgIpc) is 2.62. The number of rotatable bonds is 5. The van der Waals surface area contributed by atoms with Gasteiger partial charge in [-0.25, -0.2) is 14.8 Å². The van der Waals surface area contributed by atoms with Gasteiger partial charge in [-0.1, -0.05) is 0 Å². The maximum Gasteiger partial charge on any atom is 0.335 e. The third-order valence-corrected chi connectivity index (χ3v) is 3.46. The zero-order chi connectivity index (χ0) is 16.9. The number of hydrogen-bond acceptors (Lipinski definition) is 5. The minimum atomic E-state index is -0.953. The summed E-state index contributed by atoms with van der Waals surface area (Å²) in [6.07, 6.45) is 1.48. The van der Waals surface area contributed by atoms with E-state index in [1.807, 2.05) is 30.3 Å². The SMILES string of the molecule is COc1ccc(-c2cc(Nc3ccc(C(=O)O)cc3)ncn2)cc1. The van der Waals surface area contributed by atoms with Crippen LogP contribution < -0.4 is 10.1 Å². The molecule has 0 atom stereocenters. The number of hydrogen-bond donors (Lipinski definition) is 2. The first-order chi connectivity index (χ1) is 11.7. The lowest BCUT2D eigenvalue weighted by Gasteiger charge is -2.08. The molecule has 0 saturated heterocycles. The molecule has 0 aliphatic heterocycles. The van der Waals surface area contributed by atoms with E-state index in [0.29, 0.717) is 5.82 Å². The Hall–Kier alpha value is -3.41. The van der Waals surface area contributed by atoms with Crippen LogP contribution in [-0.2, 0) is 0 Å². The van der Waals surface area contributed by atoms with Crippen LogP contribution in [0.15, 0.2) is 60.9 Å². The number of methoxy groups -OCH3 is 1. The number of carbonyl (C=O) groups is 1. The van der Waals surface area contributed by atoms with E-state index in [0.717, 1.165) is 22.7 Å². The van der Waals surface area contributed by atoms with Gasteiger partial charge in [0.15, 0.2) is 0 Å². The molecular formula is C18H15N3O3. The average molecular weight is 321 g/mol. The van der Waals surface area contributed by atoms with Gasteiger partial charge < -0.3 is 15.2 Å². The van der Waals surface area contributed by atoms with Gasteiger partial charge in [-0.05, 0) is 48.5 Å². The predicted molar refractivity (Wildman–Crippen MR) is 90.7 cm³/mol. The van der Waals surface area contributed by atoms with E-state index in [-0.39, 0.29) is 5.56 Å². The molecule has 0 unspecified atom stereocenters. The van der Waals surface area contributed by atoms with E-state index in [1.165, 1.54) is 18.5 Å². The fourth-order valence-corrected chi connectivity index (χ4v) is 2.19. The van der Waals surface area contributed by atoms with Crippen LogP contribution in [0.4, 0.5) is 11.5 Å². The van der Waals surface area contributed by atoms with Gasteiger partial charge in [0.25, 0.3) is 0 Å². The van der Waals surface area contributed by atoms with Crippen molar-refractivity contribution >= 4 is 17.5 Å². The van der Waals surface area contributed by atoms with Crippen molar-refractivity contribution in [2.24, 2.45) is 0 Å². The molecule has 0 saturated carbocycles. The lowest BCUT2D eigenvalue weighted by molar-refractivity contribution is 0.0697. The molecule has 6 heteroatoms. The molecular weight excluding hydrogens is 306 g/mol. The molecule has 1 heterocycles. The summed E-state index contributed by atoms with van der Waals surface area (Å²) in [6.45, 7) is 0. The summed E-state index contributed by atoms with van der Waals surface area (Å²) in [5, 5.41) is 12.0. The molecule has 0 spiro atoms. The molecule has 0 amide bonds. The minimum Gasteiger partial charge on any atom is -0.497 e. The van der Waals surface area contributed by atoms with Crippen LogP contribution >= 0.6 is 0 Å². The first kappa shape index (κ1) is 15.5. The number of nitrogens with zero attached hydrogens (tertiary/aromatic N) is 2. The molecule has 3 rings (SSSR count). The number of anilines is 2.